The molecule has 1 aromatic carbocycles. The predicted octanol–water partition coefficient (Wildman–Crippen LogP) is 4.30. The SMILES string of the molecule is COc1cc2[nH]c(=S)n(CC3CCCCC3)c2cc1OC. The molecule has 5 heteroatoms. The number of nitrogens with one attached hydrogen (secondary N) is 1. The van der Waals surface area contributed by atoms with E-state index in [1.54, 1.807) is 14.2 Å². The van der Waals surface area contributed by atoms with Gasteiger partial charge < -0.3 is 19.0 Å². The van der Waals surface area contributed by atoms with Crippen LogP contribution in [0.5, 0.6) is 11.5 Å². The van der Waals surface area contributed by atoms with Crippen LogP contribution in [-0.2, 0) is 6.54 Å². The number of ether oxygens (including phenoxy) is 2. The molecule has 1 saturated carbocycles. The minimum Gasteiger partial charge on any atom is -0.493 e. The molecule has 2 aromatic rings. The van der Waals surface area contributed by atoms with Crippen molar-refractivity contribution in [1.29, 1.82) is 0 Å². The summed E-state index contributed by atoms with van der Waals surface area (Å²) in [7, 11) is 3.31. The molecule has 1 fully saturated rings. The first-order valence-electron chi connectivity index (χ1n) is 7.57. The summed E-state index contributed by atoms with van der Waals surface area (Å²) in [5.41, 5.74) is 2.11. The molecule has 0 spiro atoms. The zero-order valence-corrected chi connectivity index (χ0v) is 13.5. The predicted molar refractivity (Wildman–Crippen MR) is 86.8 cm³/mol. The van der Waals surface area contributed by atoms with E-state index in [1.807, 2.05) is 12.1 Å². The van der Waals surface area contributed by atoms with E-state index in [1.165, 1.54) is 32.1 Å². The van der Waals surface area contributed by atoms with E-state index >= 15 is 0 Å². The van der Waals surface area contributed by atoms with Gasteiger partial charge in [0.05, 0.1) is 25.3 Å². The number of nitrogens with zero attached hydrogens (tertiary/aromatic N) is 1. The molecule has 3 rings (SSSR count). The van der Waals surface area contributed by atoms with Crippen LogP contribution in [0.3, 0.4) is 0 Å². The molecule has 0 unspecified atom stereocenters. The summed E-state index contributed by atoms with van der Waals surface area (Å²) in [6.07, 6.45) is 6.68. The van der Waals surface area contributed by atoms with E-state index in [2.05, 4.69) is 9.55 Å². The van der Waals surface area contributed by atoms with Gasteiger partial charge in [-0.25, -0.2) is 0 Å². The Kier molecular flexibility index (Phi) is 4.19. The number of rotatable bonds is 4. The largest absolute Gasteiger partial charge is 0.493 e. The van der Waals surface area contributed by atoms with E-state index in [9.17, 15) is 0 Å². The lowest BCUT2D eigenvalue weighted by atomic mass is 9.89. The maximum Gasteiger partial charge on any atom is 0.178 e. The molecule has 21 heavy (non-hydrogen) atoms. The van der Waals surface area contributed by atoms with Gasteiger partial charge in [0, 0.05) is 18.7 Å². The molecule has 1 N–H and O–H groups in total. The van der Waals surface area contributed by atoms with Crippen molar-refractivity contribution >= 4 is 23.3 Å². The van der Waals surface area contributed by atoms with Gasteiger partial charge in [0.15, 0.2) is 16.3 Å². The Balaban J connectivity index is 2.01. The van der Waals surface area contributed by atoms with Gasteiger partial charge in [0.25, 0.3) is 0 Å². The molecule has 4 nitrogen and oxygen atoms in total. The Morgan fingerprint density at radius 1 is 1.14 bits per heavy atom. The maximum absolute atomic E-state index is 5.51. The molecular formula is C16H22N2O2S. The Labute approximate surface area is 130 Å². The highest BCUT2D eigenvalue weighted by atomic mass is 32.1. The maximum atomic E-state index is 5.51. The first-order chi connectivity index (χ1) is 10.2. The van der Waals surface area contributed by atoms with E-state index in [0.717, 1.165) is 39.8 Å². The molecule has 0 radical (unpaired) electrons. The first kappa shape index (κ1) is 14.4. The molecular weight excluding hydrogens is 284 g/mol. The summed E-state index contributed by atoms with van der Waals surface area (Å²) in [6, 6.07) is 3.98. The zero-order valence-electron chi connectivity index (χ0n) is 12.6. The average molecular weight is 306 g/mol. The lowest BCUT2D eigenvalue weighted by Crippen LogP contribution is -2.14. The number of aromatic nitrogens is 2. The van der Waals surface area contributed by atoms with Gasteiger partial charge in [-0.2, -0.15) is 0 Å². The molecule has 0 amide bonds. The highest BCUT2D eigenvalue weighted by Gasteiger charge is 2.17. The van der Waals surface area contributed by atoms with Crippen molar-refractivity contribution < 1.29 is 9.47 Å². The molecule has 1 aromatic heterocycles. The standard InChI is InChI=1S/C16H22N2O2S/c1-19-14-8-12-13(9-15(14)20-2)18(16(21)17-12)10-11-6-4-3-5-7-11/h8-9,11H,3-7,10H2,1-2H3,(H,17,21). The smallest absolute Gasteiger partial charge is 0.178 e. The van der Waals surface area contributed by atoms with E-state index in [-0.39, 0.29) is 0 Å². The highest BCUT2D eigenvalue weighted by molar-refractivity contribution is 7.71. The van der Waals surface area contributed by atoms with E-state index in [4.69, 9.17) is 21.7 Å². The molecule has 114 valence electrons. The van der Waals surface area contributed by atoms with Crippen molar-refractivity contribution in [3.8, 4) is 11.5 Å². The van der Waals surface area contributed by atoms with Gasteiger partial charge in [-0.3, -0.25) is 0 Å². The van der Waals surface area contributed by atoms with Gasteiger partial charge in [0.2, 0.25) is 0 Å². The Hall–Kier alpha value is -1.49. The minimum atomic E-state index is 0.728. The first-order valence-corrected chi connectivity index (χ1v) is 7.98. The van der Waals surface area contributed by atoms with Gasteiger partial charge in [-0.1, -0.05) is 19.3 Å². The number of aromatic amines is 1. The van der Waals surface area contributed by atoms with Crippen LogP contribution in [-0.4, -0.2) is 23.8 Å². The molecule has 0 bridgehead atoms. The molecule has 0 atom stereocenters. The zero-order chi connectivity index (χ0) is 14.8. The van der Waals surface area contributed by atoms with Crippen LogP contribution in [0.25, 0.3) is 11.0 Å². The van der Waals surface area contributed by atoms with Gasteiger partial charge in [-0.15, -0.1) is 0 Å². The summed E-state index contributed by atoms with van der Waals surface area (Å²) >= 11 is 5.51. The van der Waals surface area contributed by atoms with Crippen molar-refractivity contribution in [1.82, 2.24) is 9.55 Å². The third kappa shape index (κ3) is 2.79. The number of hydrogen-bond acceptors (Lipinski definition) is 3. The van der Waals surface area contributed by atoms with Crippen molar-refractivity contribution in [2.75, 3.05) is 14.2 Å². The highest BCUT2D eigenvalue weighted by Crippen LogP contribution is 2.33. The van der Waals surface area contributed by atoms with Crippen LogP contribution in [0.2, 0.25) is 0 Å². The van der Waals surface area contributed by atoms with Crippen molar-refractivity contribution in [2.24, 2.45) is 5.92 Å². The fourth-order valence-corrected chi connectivity index (χ4v) is 3.58. The average Bonchev–Trinajstić information content (AvgIpc) is 2.82. The fourth-order valence-electron chi connectivity index (χ4n) is 3.29. The van der Waals surface area contributed by atoms with Crippen LogP contribution in [0, 0.1) is 10.7 Å². The topological polar surface area (TPSA) is 39.2 Å². The minimum absolute atomic E-state index is 0.728. The second-order valence-electron chi connectivity index (χ2n) is 5.77. The summed E-state index contributed by atoms with van der Waals surface area (Å²) in [5.74, 6) is 2.21. The third-order valence-corrected chi connectivity index (χ3v) is 4.77. The second kappa shape index (κ2) is 6.10. The number of methoxy groups -OCH3 is 2. The van der Waals surface area contributed by atoms with Crippen LogP contribution in [0.15, 0.2) is 12.1 Å². The lowest BCUT2D eigenvalue weighted by molar-refractivity contribution is 0.321. The number of imidazole rings is 1. The third-order valence-electron chi connectivity index (χ3n) is 4.44. The summed E-state index contributed by atoms with van der Waals surface area (Å²) in [6.45, 7) is 0.994. The number of H-pyrrole nitrogens is 1. The van der Waals surface area contributed by atoms with Gasteiger partial charge in [0.1, 0.15) is 0 Å². The number of benzene rings is 1. The lowest BCUT2D eigenvalue weighted by Gasteiger charge is -2.22. The number of fused-ring (bicyclic) bond motifs is 1. The molecule has 0 saturated heterocycles. The molecule has 0 aliphatic heterocycles. The Morgan fingerprint density at radius 2 is 1.81 bits per heavy atom. The Bertz CT molecular complexity index is 683. The normalized spacial score (nSPS) is 16.3. The van der Waals surface area contributed by atoms with Crippen LogP contribution in [0.4, 0.5) is 0 Å². The van der Waals surface area contributed by atoms with Crippen LogP contribution >= 0.6 is 12.2 Å². The quantitative estimate of drug-likeness (QED) is 0.856. The van der Waals surface area contributed by atoms with E-state index < -0.39 is 0 Å². The number of hydrogen-bond donors (Lipinski definition) is 1. The summed E-state index contributed by atoms with van der Waals surface area (Å²) < 4.78 is 13.8. The van der Waals surface area contributed by atoms with Crippen molar-refractivity contribution in [3.05, 3.63) is 16.9 Å². The monoisotopic (exact) mass is 306 g/mol. The van der Waals surface area contributed by atoms with Crippen LogP contribution in [0.1, 0.15) is 32.1 Å². The van der Waals surface area contributed by atoms with Gasteiger partial charge in [-0.05, 0) is 31.0 Å². The summed E-state index contributed by atoms with van der Waals surface area (Å²) in [5, 5.41) is 0. The summed E-state index contributed by atoms with van der Waals surface area (Å²) in [4.78, 5) is 3.28. The molecule has 1 heterocycles. The molecule has 1 aliphatic carbocycles. The fraction of sp³-hybridized carbons (Fsp3) is 0.562. The Morgan fingerprint density at radius 3 is 2.48 bits per heavy atom. The van der Waals surface area contributed by atoms with Crippen molar-refractivity contribution in [2.45, 2.75) is 38.6 Å². The van der Waals surface area contributed by atoms with Gasteiger partial charge >= 0.3 is 0 Å². The van der Waals surface area contributed by atoms with E-state index in [0.29, 0.717) is 0 Å². The van der Waals surface area contributed by atoms with Crippen LogP contribution < -0.4 is 9.47 Å². The van der Waals surface area contributed by atoms with Crippen molar-refractivity contribution in [3.63, 3.8) is 0 Å². The second-order valence-corrected chi connectivity index (χ2v) is 6.16. The molecule has 1 aliphatic rings.